The van der Waals surface area contributed by atoms with Gasteiger partial charge in [-0.2, -0.15) is 0 Å². The van der Waals surface area contributed by atoms with Crippen molar-refractivity contribution in [1.29, 1.82) is 0 Å². The number of para-hydroxylation sites is 2. The van der Waals surface area contributed by atoms with E-state index in [0.717, 1.165) is 22.6 Å². The molecule has 0 fully saturated rings. The lowest BCUT2D eigenvalue weighted by molar-refractivity contribution is 1.07. The van der Waals surface area contributed by atoms with Crippen LogP contribution in [0.3, 0.4) is 0 Å². The lowest BCUT2D eigenvalue weighted by Crippen LogP contribution is -2.17. The summed E-state index contributed by atoms with van der Waals surface area (Å²) in [7, 11) is 3.83. The van der Waals surface area contributed by atoms with Crippen molar-refractivity contribution in [3.8, 4) is 5.69 Å². The van der Waals surface area contributed by atoms with Gasteiger partial charge in [0, 0.05) is 31.5 Å². The predicted molar refractivity (Wildman–Crippen MR) is 111 cm³/mol. The molecular formula is C22H20N4O. The zero-order chi connectivity index (χ0) is 18.8. The fraction of sp³-hybridized carbons (Fsp3) is 0.0909. The van der Waals surface area contributed by atoms with Crippen molar-refractivity contribution in [1.82, 2.24) is 9.55 Å². The fourth-order valence-corrected chi connectivity index (χ4v) is 3.21. The summed E-state index contributed by atoms with van der Waals surface area (Å²) in [4.78, 5) is 19.3. The molecule has 4 aromatic rings. The summed E-state index contributed by atoms with van der Waals surface area (Å²) in [5.74, 6) is 0.697. The van der Waals surface area contributed by atoms with Crippen LogP contribution in [0.25, 0.3) is 16.6 Å². The average molecular weight is 356 g/mol. The number of pyridine rings is 2. The molecule has 0 aliphatic heterocycles. The van der Waals surface area contributed by atoms with Gasteiger partial charge in [0.25, 0.3) is 0 Å². The van der Waals surface area contributed by atoms with E-state index in [1.165, 1.54) is 0 Å². The maximum absolute atomic E-state index is 13.0. The molecule has 5 nitrogen and oxygen atoms in total. The largest absolute Gasteiger partial charge is 0.376 e. The van der Waals surface area contributed by atoms with E-state index in [1.807, 2.05) is 84.2 Å². The van der Waals surface area contributed by atoms with Crippen LogP contribution in [0.15, 0.2) is 83.9 Å². The molecule has 0 radical (unpaired) electrons. The summed E-state index contributed by atoms with van der Waals surface area (Å²) in [6, 6.07) is 21.4. The van der Waals surface area contributed by atoms with Gasteiger partial charge >= 0.3 is 0 Å². The zero-order valence-electron chi connectivity index (χ0n) is 15.3. The summed E-state index contributed by atoms with van der Waals surface area (Å²) in [6.07, 6.45) is 3.47. The number of anilines is 3. The van der Waals surface area contributed by atoms with Crippen LogP contribution < -0.4 is 15.6 Å². The van der Waals surface area contributed by atoms with E-state index in [2.05, 4.69) is 10.3 Å². The van der Waals surface area contributed by atoms with E-state index < -0.39 is 0 Å². The number of benzene rings is 2. The van der Waals surface area contributed by atoms with E-state index in [4.69, 9.17) is 0 Å². The molecule has 1 N–H and O–H groups in total. The second kappa shape index (κ2) is 6.96. The Morgan fingerprint density at radius 3 is 2.26 bits per heavy atom. The molecular weight excluding hydrogens is 336 g/mol. The van der Waals surface area contributed by atoms with Gasteiger partial charge in [-0.05, 0) is 24.3 Å². The summed E-state index contributed by atoms with van der Waals surface area (Å²) in [5.41, 5.74) is 3.39. The highest BCUT2D eigenvalue weighted by atomic mass is 16.1. The summed E-state index contributed by atoms with van der Waals surface area (Å²) < 4.78 is 2.03. The summed E-state index contributed by atoms with van der Waals surface area (Å²) in [6.45, 7) is 0. The molecule has 0 unspecified atom stereocenters. The Balaban J connectivity index is 2.04. The van der Waals surface area contributed by atoms with Gasteiger partial charge in [-0.15, -0.1) is 0 Å². The second-order valence-electron chi connectivity index (χ2n) is 6.50. The molecule has 0 saturated carbocycles. The molecule has 0 aliphatic rings. The fourth-order valence-electron chi connectivity index (χ4n) is 3.21. The highest BCUT2D eigenvalue weighted by Gasteiger charge is 2.15. The second-order valence-corrected chi connectivity index (χ2v) is 6.50. The van der Waals surface area contributed by atoms with Gasteiger partial charge < -0.3 is 10.2 Å². The third-order valence-electron chi connectivity index (χ3n) is 4.44. The van der Waals surface area contributed by atoms with Gasteiger partial charge in [-0.3, -0.25) is 14.3 Å². The number of aromatic nitrogens is 2. The molecule has 2 aromatic carbocycles. The highest BCUT2D eigenvalue weighted by molar-refractivity contribution is 5.93. The van der Waals surface area contributed by atoms with E-state index >= 15 is 0 Å². The molecule has 0 atom stereocenters. The molecule has 0 aliphatic carbocycles. The van der Waals surface area contributed by atoms with Crippen molar-refractivity contribution in [2.75, 3.05) is 24.3 Å². The Labute approximate surface area is 157 Å². The first kappa shape index (κ1) is 16.8. The van der Waals surface area contributed by atoms with Crippen LogP contribution in [-0.2, 0) is 0 Å². The van der Waals surface area contributed by atoms with Gasteiger partial charge in [-0.1, -0.05) is 36.4 Å². The van der Waals surface area contributed by atoms with Crippen LogP contribution in [0.5, 0.6) is 0 Å². The summed E-state index contributed by atoms with van der Waals surface area (Å²) in [5, 5.41) is 4.02. The smallest absolute Gasteiger partial charge is 0.193 e. The number of fused-ring (bicyclic) bond motifs is 1. The third-order valence-corrected chi connectivity index (χ3v) is 4.44. The van der Waals surface area contributed by atoms with Gasteiger partial charge in [-0.25, -0.2) is 0 Å². The molecule has 134 valence electrons. The van der Waals surface area contributed by atoms with Gasteiger partial charge in [0.05, 0.1) is 29.0 Å². The molecule has 4 rings (SSSR count). The van der Waals surface area contributed by atoms with Crippen LogP contribution >= 0.6 is 0 Å². The Kier molecular flexibility index (Phi) is 4.34. The topological polar surface area (TPSA) is 50.2 Å². The van der Waals surface area contributed by atoms with Crippen molar-refractivity contribution >= 4 is 28.1 Å². The van der Waals surface area contributed by atoms with E-state index in [1.54, 1.807) is 18.5 Å². The van der Waals surface area contributed by atoms with Crippen LogP contribution in [0.1, 0.15) is 0 Å². The molecule has 2 aromatic heterocycles. The summed E-state index contributed by atoms with van der Waals surface area (Å²) >= 11 is 0. The first-order chi connectivity index (χ1) is 13.1. The van der Waals surface area contributed by atoms with Crippen molar-refractivity contribution in [3.05, 3.63) is 89.3 Å². The lowest BCUT2D eigenvalue weighted by Gasteiger charge is -2.21. The van der Waals surface area contributed by atoms with Crippen molar-refractivity contribution < 1.29 is 0 Å². The molecule has 0 spiro atoms. The number of rotatable bonds is 4. The third kappa shape index (κ3) is 3.15. The molecule has 0 saturated heterocycles. The number of hydrogen-bond acceptors (Lipinski definition) is 4. The SMILES string of the molecule is CN(C)c1cncc2c1c(=O)cc(Nc1ccccc1)n2-c1ccccc1. The number of hydrogen-bond donors (Lipinski definition) is 1. The highest BCUT2D eigenvalue weighted by Crippen LogP contribution is 2.28. The van der Waals surface area contributed by atoms with Crippen molar-refractivity contribution in [3.63, 3.8) is 0 Å². The minimum absolute atomic E-state index is 0.0401. The molecule has 27 heavy (non-hydrogen) atoms. The zero-order valence-corrected chi connectivity index (χ0v) is 15.3. The quantitative estimate of drug-likeness (QED) is 0.595. The first-order valence-corrected chi connectivity index (χ1v) is 8.74. The number of nitrogens with one attached hydrogen (secondary N) is 1. The minimum atomic E-state index is -0.0401. The minimum Gasteiger partial charge on any atom is -0.376 e. The average Bonchev–Trinajstić information content (AvgIpc) is 2.69. The lowest BCUT2D eigenvalue weighted by atomic mass is 10.1. The van der Waals surface area contributed by atoms with Gasteiger partial charge in [0.2, 0.25) is 0 Å². The van der Waals surface area contributed by atoms with E-state index in [0.29, 0.717) is 11.2 Å². The molecule has 0 bridgehead atoms. The van der Waals surface area contributed by atoms with E-state index in [9.17, 15) is 4.79 Å². The van der Waals surface area contributed by atoms with Gasteiger partial charge in [0.15, 0.2) is 5.43 Å². The normalized spacial score (nSPS) is 10.7. The van der Waals surface area contributed by atoms with Crippen LogP contribution in [-0.4, -0.2) is 23.6 Å². The Hall–Kier alpha value is -3.60. The van der Waals surface area contributed by atoms with Crippen LogP contribution in [0.4, 0.5) is 17.2 Å². The van der Waals surface area contributed by atoms with Crippen LogP contribution in [0.2, 0.25) is 0 Å². The maximum Gasteiger partial charge on any atom is 0.193 e. The standard InChI is InChI=1S/C22H20N4O/c1-25(2)18-14-23-15-19-22(18)20(27)13-21(24-16-9-5-3-6-10-16)26(19)17-11-7-4-8-12-17/h3-15,24H,1-2H3. The Bertz CT molecular complexity index is 1140. The monoisotopic (exact) mass is 356 g/mol. The van der Waals surface area contributed by atoms with E-state index in [-0.39, 0.29) is 5.43 Å². The van der Waals surface area contributed by atoms with Crippen molar-refractivity contribution in [2.24, 2.45) is 0 Å². The van der Waals surface area contributed by atoms with Gasteiger partial charge in [0.1, 0.15) is 5.82 Å². The van der Waals surface area contributed by atoms with Crippen LogP contribution in [0, 0.1) is 0 Å². The van der Waals surface area contributed by atoms with Crippen molar-refractivity contribution in [2.45, 2.75) is 0 Å². The first-order valence-electron chi connectivity index (χ1n) is 8.74. The Morgan fingerprint density at radius 1 is 0.926 bits per heavy atom. The Morgan fingerprint density at radius 2 is 1.59 bits per heavy atom. The molecule has 0 amide bonds. The maximum atomic E-state index is 13.0. The predicted octanol–water partition coefficient (Wildman–Crippen LogP) is 4.20. The molecule has 2 heterocycles. The number of nitrogens with zero attached hydrogens (tertiary/aromatic N) is 3. The molecule has 5 heteroatoms.